The molecule has 0 aliphatic carbocycles. The van der Waals surface area contributed by atoms with E-state index in [1.807, 2.05) is 0 Å². The van der Waals surface area contributed by atoms with E-state index in [-0.39, 0.29) is 0 Å². The summed E-state index contributed by atoms with van der Waals surface area (Å²) in [5.74, 6) is -5.04. The molecule has 8 N–H and O–H groups in total. The minimum atomic E-state index is -2.15. The third kappa shape index (κ3) is 6.86. The smallest absolute Gasteiger partial charge is 0.338 e. The van der Waals surface area contributed by atoms with Gasteiger partial charge >= 0.3 is 23.9 Å². The molecule has 8 atom stereocenters. The van der Waals surface area contributed by atoms with E-state index in [4.69, 9.17) is 20.9 Å². The van der Waals surface area contributed by atoms with Gasteiger partial charge < -0.3 is 50.8 Å². The van der Waals surface area contributed by atoms with Gasteiger partial charge in [0, 0.05) is 0 Å². The third-order valence-electron chi connectivity index (χ3n) is 4.16. The molecule has 2 unspecified atom stereocenters. The Balaban J connectivity index is 3.01. The van der Waals surface area contributed by atoms with E-state index >= 15 is 0 Å². The highest BCUT2D eigenvalue weighted by Crippen LogP contribution is 2.09. The molecule has 0 spiro atoms. The lowest BCUT2D eigenvalue weighted by Crippen LogP contribution is -2.50. The first-order valence-electron chi connectivity index (χ1n) is 8.84. The molecule has 0 aromatic rings. The van der Waals surface area contributed by atoms with Crippen LogP contribution in [0.1, 0.15) is 13.8 Å². The maximum atomic E-state index is 11.9. The first kappa shape index (κ1) is 25.7. The lowest BCUT2D eigenvalue weighted by atomic mass is 10.1. The molecule has 0 saturated carbocycles. The van der Waals surface area contributed by atoms with Crippen LogP contribution in [0.15, 0.2) is 0 Å². The lowest BCUT2D eigenvalue weighted by Gasteiger charge is -2.25. The quantitative estimate of drug-likeness (QED) is 0.153. The Kier molecular flexibility index (Phi) is 9.54. The Bertz CT molecular complexity index is 590. The van der Waals surface area contributed by atoms with Crippen molar-refractivity contribution in [1.82, 2.24) is 0 Å². The molecule has 1 aliphatic heterocycles. The van der Waals surface area contributed by atoms with E-state index in [9.17, 15) is 39.6 Å². The van der Waals surface area contributed by atoms with E-state index in [1.165, 1.54) is 13.8 Å². The molecule has 1 heterocycles. The predicted octanol–water partition coefficient (Wildman–Crippen LogP) is -4.95. The van der Waals surface area contributed by atoms with Gasteiger partial charge in [-0.05, 0) is 13.8 Å². The number of hydrogen-bond acceptors (Lipinski definition) is 14. The van der Waals surface area contributed by atoms with E-state index in [0.717, 1.165) is 0 Å². The van der Waals surface area contributed by atoms with Gasteiger partial charge in [-0.1, -0.05) is 0 Å². The summed E-state index contributed by atoms with van der Waals surface area (Å²) >= 11 is 0. The van der Waals surface area contributed by atoms with Crippen molar-refractivity contribution >= 4 is 23.9 Å². The second-order valence-corrected chi connectivity index (χ2v) is 6.62. The standard InChI is InChI=1S/C16H26N2O12/c1-5-9(17)13(23)27-3-8(20)12(22)16(26)30-6(2)10(18)14(24)28-4-7(19)11(21)15(25)29-5/h5-12,19-22H,3-4,17-18H2,1-2H3/t5?,6?,7-,8-,9-,10-,11+,12+/m0/s1. The second-order valence-electron chi connectivity index (χ2n) is 6.62. The van der Waals surface area contributed by atoms with Gasteiger partial charge in [-0.25, -0.2) is 9.59 Å². The van der Waals surface area contributed by atoms with Crippen molar-refractivity contribution in [2.24, 2.45) is 11.5 Å². The average molecular weight is 438 g/mol. The molecule has 0 aromatic carbocycles. The summed E-state index contributed by atoms with van der Waals surface area (Å²) < 4.78 is 18.9. The summed E-state index contributed by atoms with van der Waals surface area (Å²) in [5.41, 5.74) is 11.1. The van der Waals surface area contributed by atoms with Crippen molar-refractivity contribution in [3.63, 3.8) is 0 Å². The Morgan fingerprint density at radius 1 is 0.667 bits per heavy atom. The lowest BCUT2D eigenvalue weighted by molar-refractivity contribution is -0.179. The molecule has 30 heavy (non-hydrogen) atoms. The molecule has 0 radical (unpaired) electrons. The van der Waals surface area contributed by atoms with Gasteiger partial charge in [0.1, 0.15) is 49.7 Å². The highest BCUT2D eigenvalue weighted by molar-refractivity contribution is 5.80. The predicted molar refractivity (Wildman–Crippen MR) is 93.0 cm³/mol. The van der Waals surface area contributed by atoms with Gasteiger partial charge in [-0.3, -0.25) is 9.59 Å². The summed E-state index contributed by atoms with van der Waals surface area (Å²) in [5, 5.41) is 39.1. The van der Waals surface area contributed by atoms with Crippen LogP contribution in [-0.2, 0) is 38.1 Å². The highest BCUT2D eigenvalue weighted by atomic mass is 16.6. The fourth-order valence-electron chi connectivity index (χ4n) is 2.06. The summed E-state index contributed by atoms with van der Waals surface area (Å²) in [7, 11) is 0. The molecule has 1 fully saturated rings. The van der Waals surface area contributed by atoms with Crippen LogP contribution in [0.2, 0.25) is 0 Å². The second kappa shape index (κ2) is 11.1. The van der Waals surface area contributed by atoms with Crippen LogP contribution in [0, 0.1) is 0 Å². The topological polar surface area (TPSA) is 238 Å². The maximum absolute atomic E-state index is 11.9. The van der Waals surface area contributed by atoms with Gasteiger partial charge in [0.05, 0.1) is 0 Å². The molecular weight excluding hydrogens is 412 g/mol. The summed E-state index contributed by atoms with van der Waals surface area (Å²) in [6.07, 6.45) is -10.8. The number of carbonyl (C=O) groups excluding carboxylic acids is 4. The zero-order valence-electron chi connectivity index (χ0n) is 16.2. The van der Waals surface area contributed by atoms with Gasteiger partial charge in [0.2, 0.25) is 0 Å². The molecule has 0 aromatic heterocycles. The van der Waals surface area contributed by atoms with Gasteiger partial charge in [0.15, 0.2) is 12.2 Å². The average Bonchev–Trinajstić information content (AvgIpc) is 2.71. The number of aliphatic hydroxyl groups is 4. The van der Waals surface area contributed by atoms with Crippen LogP contribution in [0.25, 0.3) is 0 Å². The molecule has 0 amide bonds. The first-order valence-corrected chi connectivity index (χ1v) is 8.84. The Morgan fingerprint density at radius 2 is 0.967 bits per heavy atom. The summed E-state index contributed by atoms with van der Waals surface area (Å²) in [4.78, 5) is 47.6. The Labute approximate surface area is 170 Å². The zero-order chi connectivity index (χ0) is 23.2. The largest absolute Gasteiger partial charge is 0.462 e. The SMILES string of the molecule is CC1OC(=O)[C@H](O)[C@@H](O)COC(=O)[C@@H](N)C(C)OC(=O)[C@H](O)[C@@H](O)COC(=O)[C@H]1N. The van der Waals surface area contributed by atoms with Crippen LogP contribution < -0.4 is 11.5 Å². The molecule has 1 rings (SSSR count). The number of nitrogens with two attached hydrogens (primary N) is 2. The van der Waals surface area contributed by atoms with E-state index < -0.39 is 85.8 Å². The molecule has 14 nitrogen and oxygen atoms in total. The van der Waals surface area contributed by atoms with Crippen LogP contribution in [0.3, 0.4) is 0 Å². The number of rotatable bonds is 0. The molecule has 1 saturated heterocycles. The Morgan fingerprint density at radius 3 is 1.27 bits per heavy atom. The van der Waals surface area contributed by atoms with Crippen LogP contribution in [0.4, 0.5) is 0 Å². The molecule has 14 heteroatoms. The van der Waals surface area contributed by atoms with Crippen LogP contribution in [-0.4, -0.2) is 106 Å². The highest BCUT2D eigenvalue weighted by Gasteiger charge is 2.36. The van der Waals surface area contributed by atoms with Gasteiger partial charge in [0.25, 0.3) is 0 Å². The minimum Gasteiger partial charge on any atom is -0.462 e. The third-order valence-corrected chi connectivity index (χ3v) is 4.16. The molecular formula is C16H26N2O12. The fourth-order valence-corrected chi connectivity index (χ4v) is 2.06. The summed E-state index contributed by atoms with van der Waals surface area (Å²) in [6, 6.07) is -3.13. The normalized spacial score (nSPS) is 38.4. The number of carbonyl (C=O) groups is 4. The monoisotopic (exact) mass is 438 g/mol. The zero-order valence-corrected chi connectivity index (χ0v) is 16.2. The van der Waals surface area contributed by atoms with Crippen molar-refractivity contribution in [3.8, 4) is 0 Å². The van der Waals surface area contributed by atoms with Crippen molar-refractivity contribution in [3.05, 3.63) is 0 Å². The number of ether oxygens (including phenoxy) is 4. The summed E-state index contributed by atoms with van der Waals surface area (Å²) in [6.45, 7) is 0.634. The number of cyclic esters (lactones) is 4. The van der Waals surface area contributed by atoms with Crippen molar-refractivity contribution < 1.29 is 58.6 Å². The fraction of sp³-hybridized carbons (Fsp3) is 0.750. The van der Waals surface area contributed by atoms with Crippen molar-refractivity contribution in [1.29, 1.82) is 0 Å². The van der Waals surface area contributed by atoms with Crippen LogP contribution in [0.5, 0.6) is 0 Å². The number of esters is 4. The van der Waals surface area contributed by atoms with Gasteiger partial charge in [-0.15, -0.1) is 0 Å². The first-order chi connectivity index (χ1) is 13.9. The van der Waals surface area contributed by atoms with Crippen molar-refractivity contribution in [2.75, 3.05) is 13.2 Å². The number of aliphatic hydroxyl groups excluding tert-OH is 4. The van der Waals surface area contributed by atoms with E-state index in [0.29, 0.717) is 0 Å². The molecule has 1 aliphatic rings. The van der Waals surface area contributed by atoms with E-state index in [1.54, 1.807) is 0 Å². The number of hydrogen-bond donors (Lipinski definition) is 6. The van der Waals surface area contributed by atoms with Gasteiger partial charge in [-0.2, -0.15) is 0 Å². The van der Waals surface area contributed by atoms with Crippen molar-refractivity contribution in [2.45, 2.75) is 62.6 Å². The molecule has 0 bridgehead atoms. The minimum absolute atomic E-state index is 0.868. The van der Waals surface area contributed by atoms with E-state index in [2.05, 4.69) is 9.47 Å². The maximum Gasteiger partial charge on any atom is 0.338 e. The molecule has 172 valence electrons. The van der Waals surface area contributed by atoms with Crippen LogP contribution >= 0.6 is 0 Å². The Hall–Kier alpha value is -2.36.